The molecule has 1 aromatic heterocycles. The van der Waals surface area contributed by atoms with Gasteiger partial charge in [0.25, 0.3) is 0 Å². The summed E-state index contributed by atoms with van der Waals surface area (Å²) in [6.07, 6.45) is 3.35. The smallest absolute Gasteiger partial charge is 0.0455 e. The maximum Gasteiger partial charge on any atom is 0.0455 e. The molecule has 108 valence electrons. The Bertz CT molecular complexity index is 518. The summed E-state index contributed by atoms with van der Waals surface area (Å²) in [5.41, 5.74) is 1.38. The highest BCUT2D eigenvalue weighted by Gasteiger charge is 2.13. The van der Waals surface area contributed by atoms with E-state index in [1.54, 1.807) is 0 Å². The Morgan fingerprint density at radius 3 is 2.45 bits per heavy atom. The van der Waals surface area contributed by atoms with Crippen LogP contribution in [-0.2, 0) is 12.8 Å². The van der Waals surface area contributed by atoms with Crippen molar-refractivity contribution in [2.45, 2.75) is 39.2 Å². The first-order valence-corrected chi connectivity index (χ1v) is 8.90. The Morgan fingerprint density at radius 2 is 1.85 bits per heavy atom. The lowest BCUT2D eigenvalue weighted by Crippen LogP contribution is -2.23. The largest absolute Gasteiger partial charge is 0.309 e. The van der Waals surface area contributed by atoms with Crippen molar-refractivity contribution in [3.63, 3.8) is 0 Å². The number of hydrogen-bond donors (Lipinski definition) is 1. The van der Waals surface area contributed by atoms with Crippen molar-refractivity contribution in [1.29, 1.82) is 0 Å². The third kappa shape index (κ3) is 4.44. The lowest BCUT2D eigenvalue weighted by Gasteiger charge is -2.17. The number of benzene rings is 1. The lowest BCUT2D eigenvalue weighted by molar-refractivity contribution is 0.536. The third-order valence-corrected chi connectivity index (χ3v) is 5.24. The monoisotopic (exact) mass is 351 g/mol. The summed E-state index contributed by atoms with van der Waals surface area (Å²) in [7, 11) is 0. The van der Waals surface area contributed by atoms with Crippen LogP contribution in [0.1, 0.15) is 41.6 Å². The number of aryl methyl sites for hydroxylation is 1. The van der Waals surface area contributed by atoms with Crippen LogP contribution in [0, 0.1) is 0 Å². The molecule has 0 bridgehead atoms. The van der Waals surface area contributed by atoms with Crippen molar-refractivity contribution in [3.05, 3.63) is 56.2 Å². The van der Waals surface area contributed by atoms with Crippen LogP contribution in [0.2, 0.25) is 0 Å². The average molecular weight is 352 g/mol. The van der Waals surface area contributed by atoms with Crippen LogP contribution < -0.4 is 5.32 Å². The van der Waals surface area contributed by atoms with E-state index in [-0.39, 0.29) is 0 Å². The zero-order chi connectivity index (χ0) is 14.4. The molecule has 1 atom stereocenters. The molecule has 20 heavy (non-hydrogen) atoms. The van der Waals surface area contributed by atoms with Gasteiger partial charge in [0.15, 0.2) is 0 Å². The molecule has 2 aromatic rings. The molecule has 0 aliphatic rings. The summed E-state index contributed by atoms with van der Waals surface area (Å²) < 4.78 is 1.14. The molecule has 1 N–H and O–H groups in total. The zero-order valence-electron chi connectivity index (χ0n) is 12.2. The van der Waals surface area contributed by atoms with Gasteiger partial charge in [-0.1, -0.05) is 41.9 Å². The minimum Gasteiger partial charge on any atom is -0.309 e. The molecular formula is C17H22BrNS. The molecular weight excluding hydrogens is 330 g/mol. The fourth-order valence-corrected chi connectivity index (χ4v) is 3.51. The van der Waals surface area contributed by atoms with Gasteiger partial charge in [-0.3, -0.25) is 0 Å². The quantitative estimate of drug-likeness (QED) is 0.708. The van der Waals surface area contributed by atoms with E-state index < -0.39 is 0 Å². The number of halogens is 1. The van der Waals surface area contributed by atoms with E-state index in [2.05, 4.69) is 71.5 Å². The topological polar surface area (TPSA) is 12.0 Å². The van der Waals surface area contributed by atoms with Crippen molar-refractivity contribution in [1.82, 2.24) is 5.32 Å². The Kier molecular flexibility index (Phi) is 6.27. The predicted molar refractivity (Wildman–Crippen MR) is 92.6 cm³/mol. The van der Waals surface area contributed by atoms with Gasteiger partial charge in [-0.25, -0.2) is 0 Å². The van der Waals surface area contributed by atoms with Crippen LogP contribution in [0.5, 0.6) is 0 Å². The number of hydrogen-bond acceptors (Lipinski definition) is 2. The summed E-state index contributed by atoms with van der Waals surface area (Å²) in [5.74, 6) is 0. The summed E-state index contributed by atoms with van der Waals surface area (Å²) in [4.78, 5) is 2.93. The fourth-order valence-electron chi connectivity index (χ4n) is 2.22. The Balaban J connectivity index is 2.12. The number of rotatable bonds is 7. The molecule has 1 aromatic carbocycles. The van der Waals surface area contributed by atoms with Gasteiger partial charge in [-0.15, -0.1) is 11.3 Å². The van der Waals surface area contributed by atoms with Crippen LogP contribution in [0.3, 0.4) is 0 Å². The normalized spacial score (nSPS) is 12.6. The average Bonchev–Trinajstić information content (AvgIpc) is 2.94. The summed E-state index contributed by atoms with van der Waals surface area (Å²) in [5, 5.41) is 3.68. The summed E-state index contributed by atoms with van der Waals surface area (Å²) in [6.45, 7) is 5.51. The summed E-state index contributed by atoms with van der Waals surface area (Å²) in [6, 6.07) is 13.6. The van der Waals surface area contributed by atoms with Crippen molar-refractivity contribution in [2.24, 2.45) is 0 Å². The maximum atomic E-state index is 3.68. The number of nitrogens with one attached hydrogen (secondary N) is 1. The summed E-state index contributed by atoms with van der Waals surface area (Å²) >= 11 is 5.44. The Labute approximate surface area is 134 Å². The van der Waals surface area contributed by atoms with E-state index in [9.17, 15) is 0 Å². The van der Waals surface area contributed by atoms with Crippen LogP contribution in [0.25, 0.3) is 0 Å². The zero-order valence-corrected chi connectivity index (χ0v) is 14.6. The maximum absolute atomic E-state index is 3.68. The minimum atomic E-state index is 0.432. The van der Waals surface area contributed by atoms with Gasteiger partial charge in [0.1, 0.15) is 0 Å². The van der Waals surface area contributed by atoms with E-state index in [1.807, 2.05) is 11.3 Å². The van der Waals surface area contributed by atoms with E-state index in [0.29, 0.717) is 6.04 Å². The second-order valence-corrected chi connectivity index (χ2v) is 7.11. The fraction of sp³-hybridized carbons (Fsp3) is 0.412. The standard InChI is InChI=1S/C17H22BrNS/c1-3-11-19-16(17-10-9-15(4-2)20-17)12-13-5-7-14(18)8-6-13/h5-10,16,19H,3-4,11-12H2,1-2H3. The molecule has 0 saturated heterocycles. The van der Waals surface area contributed by atoms with E-state index in [4.69, 9.17) is 0 Å². The van der Waals surface area contributed by atoms with Crippen LogP contribution in [-0.4, -0.2) is 6.54 Å². The van der Waals surface area contributed by atoms with Gasteiger partial charge in [-0.2, -0.15) is 0 Å². The van der Waals surface area contributed by atoms with Crippen molar-refractivity contribution in [2.75, 3.05) is 6.54 Å². The molecule has 1 nitrogen and oxygen atoms in total. The highest BCUT2D eigenvalue weighted by molar-refractivity contribution is 9.10. The molecule has 2 rings (SSSR count). The molecule has 3 heteroatoms. The highest BCUT2D eigenvalue weighted by Crippen LogP contribution is 2.27. The van der Waals surface area contributed by atoms with E-state index in [0.717, 1.165) is 23.9 Å². The van der Waals surface area contributed by atoms with Crippen LogP contribution >= 0.6 is 27.3 Å². The molecule has 1 heterocycles. The second-order valence-electron chi connectivity index (χ2n) is 4.99. The van der Waals surface area contributed by atoms with Gasteiger partial charge < -0.3 is 5.32 Å². The van der Waals surface area contributed by atoms with Crippen molar-refractivity contribution < 1.29 is 0 Å². The number of thiophene rings is 1. The van der Waals surface area contributed by atoms with Gasteiger partial charge in [0.2, 0.25) is 0 Å². The predicted octanol–water partition coefficient (Wildman–Crippen LogP) is 5.36. The Hall–Kier alpha value is -0.640. The van der Waals surface area contributed by atoms with Gasteiger partial charge in [-0.05, 0) is 55.6 Å². The molecule has 0 fully saturated rings. The molecule has 1 unspecified atom stereocenters. The first-order valence-electron chi connectivity index (χ1n) is 7.29. The third-order valence-electron chi connectivity index (χ3n) is 3.37. The van der Waals surface area contributed by atoms with Crippen molar-refractivity contribution in [3.8, 4) is 0 Å². The van der Waals surface area contributed by atoms with E-state index >= 15 is 0 Å². The molecule has 0 spiro atoms. The van der Waals surface area contributed by atoms with Gasteiger partial charge in [0, 0.05) is 20.3 Å². The van der Waals surface area contributed by atoms with E-state index in [1.165, 1.54) is 21.7 Å². The lowest BCUT2D eigenvalue weighted by atomic mass is 10.0. The van der Waals surface area contributed by atoms with Crippen LogP contribution in [0.15, 0.2) is 40.9 Å². The molecule has 0 amide bonds. The first kappa shape index (κ1) is 15.7. The minimum absolute atomic E-state index is 0.432. The molecule has 0 radical (unpaired) electrons. The molecule has 0 aliphatic carbocycles. The van der Waals surface area contributed by atoms with Crippen LogP contribution in [0.4, 0.5) is 0 Å². The first-order chi connectivity index (χ1) is 9.72. The Morgan fingerprint density at radius 1 is 1.10 bits per heavy atom. The van der Waals surface area contributed by atoms with Gasteiger partial charge in [0.05, 0.1) is 0 Å². The second kappa shape index (κ2) is 7.96. The highest BCUT2D eigenvalue weighted by atomic mass is 79.9. The SMILES string of the molecule is CCCNC(Cc1ccc(Br)cc1)c1ccc(CC)s1. The molecule has 0 aliphatic heterocycles. The van der Waals surface area contributed by atoms with Gasteiger partial charge >= 0.3 is 0 Å². The van der Waals surface area contributed by atoms with Crippen molar-refractivity contribution >= 4 is 27.3 Å². The molecule has 0 saturated carbocycles.